The zero-order chi connectivity index (χ0) is 23.9. The van der Waals surface area contributed by atoms with E-state index in [-0.39, 0.29) is 23.6 Å². The average Bonchev–Trinajstić information content (AvgIpc) is 3.13. The van der Waals surface area contributed by atoms with E-state index in [1.165, 1.54) is 11.8 Å². The first-order valence-electron chi connectivity index (χ1n) is 11.3. The van der Waals surface area contributed by atoms with Crippen molar-refractivity contribution in [3.05, 3.63) is 65.2 Å². The molecule has 0 saturated carbocycles. The normalized spacial score (nSPS) is 15.1. The van der Waals surface area contributed by atoms with Crippen LogP contribution in [-0.4, -0.2) is 48.8 Å². The first kappa shape index (κ1) is 24.2. The Morgan fingerprint density at radius 3 is 2.88 bits per heavy atom. The van der Waals surface area contributed by atoms with Crippen LogP contribution in [0, 0.1) is 0 Å². The topological polar surface area (TPSA) is 93.0 Å². The molecular formula is C24H27ClN6O2S. The molecule has 2 aromatic heterocycles. The van der Waals surface area contributed by atoms with Gasteiger partial charge in [0.15, 0.2) is 11.0 Å². The Hall–Kier alpha value is -2.91. The number of nitrogens with zero attached hydrogens (tertiary/aromatic N) is 5. The average molecular weight is 499 g/mol. The lowest BCUT2D eigenvalue weighted by Crippen LogP contribution is -2.31. The molecule has 3 aromatic rings. The van der Waals surface area contributed by atoms with Crippen molar-refractivity contribution in [3.63, 3.8) is 0 Å². The maximum absolute atomic E-state index is 12.7. The summed E-state index contributed by atoms with van der Waals surface area (Å²) in [5.41, 5.74) is 1.73. The predicted octanol–water partition coefficient (Wildman–Crippen LogP) is 4.19. The number of amides is 2. The molecule has 8 nitrogen and oxygen atoms in total. The Morgan fingerprint density at radius 1 is 1.21 bits per heavy atom. The standard InChI is InChI=1S/C24H27ClN6O2S/c1-17(18-7-5-8-19(25)13-18)27-22(32)16-34-24-29-28-21(31(24)20-9-6-11-26-14-20)15-30-12-4-2-3-10-23(30)33/h5-9,11,13-14,17H,2-4,10,12,15-16H2,1H3,(H,27,32). The Labute approximate surface area is 208 Å². The molecule has 2 amide bonds. The van der Waals surface area contributed by atoms with Crippen LogP contribution in [0.4, 0.5) is 0 Å². The van der Waals surface area contributed by atoms with E-state index in [2.05, 4.69) is 20.5 Å². The molecule has 178 valence electrons. The highest BCUT2D eigenvalue weighted by molar-refractivity contribution is 7.99. The summed E-state index contributed by atoms with van der Waals surface area (Å²) >= 11 is 7.37. The van der Waals surface area contributed by atoms with Gasteiger partial charge >= 0.3 is 0 Å². The minimum absolute atomic E-state index is 0.123. The number of nitrogens with one attached hydrogen (secondary N) is 1. The first-order valence-corrected chi connectivity index (χ1v) is 12.7. The molecule has 34 heavy (non-hydrogen) atoms. The zero-order valence-corrected chi connectivity index (χ0v) is 20.6. The van der Waals surface area contributed by atoms with E-state index in [1.54, 1.807) is 18.5 Å². The van der Waals surface area contributed by atoms with Gasteiger partial charge in [-0.2, -0.15) is 0 Å². The maximum Gasteiger partial charge on any atom is 0.230 e. The van der Waals surface area contributed by atoms with Crippen LogP contribution in [-0.2, 0) is 16.1 Å². The molecule has 1 aliphatic heterocycles. The van der Waals surface area contributed by atoms with Crippen LogP contribution in [0.3, 0.4) is 0 Å². The molecule has 10 heteroatoms. The molecular weight excluding hydrogens is 472 g/mol. The van der Waals surface area contributed by atoms with Crippen molar-refractivity contribution in [2.75, 3.05) is 12.3 Å². The summed E-state index contributed by atoms with van der Waals surface area (Å²) in [6.45, 7) is 3.01. The van der Waals surface area contributed by atoms with Crippen molar-refractivity contribution in [1.82, 2.24) is 30.0 Å². The number of benzene rings is 1. The third-order valence-corrected chi connectivity index (χ3v) is 6.83. The second kappa shape index (κ2) is 11.5. The van der Waals surface area contributed by atoms with Crippen LogP contribution in [0.1, 0.15) is 50.0 Å². The van der Waals surface area contributed by atoms with Gasteiger partial charge in [-0.1, -0.05) is 41.9 Å². The van der Waals surface area contributed by atoms with Crippen LogP contribution < -0.4 is 5.32 Å². The summed E-state index contributed by atoms with van der Waals surface area (Å²) in [5, 5.41) is 12.9. The molecule has 1 saturated heterocycles. The molecule has 1 atom stereocenters. The van der Waals surface area contributed by atoms with E-state index in [9.17, 15) is 9.59 Å². The molecule has 0 radical (unpaired) electrons. The van der Waals surface area contributed by atoms with Crippen molar-refractivity contribution < 1.29 is 9.59 Å². The molecule has 0 aliphatic carbocycles. The van der Waals surface area contributed by atoms with Gasteiger partial charge < -0.3 is 10.2 Å². The van der Waals surface area contributed by atoms with Crippen molar-refractivity contribution >= 4 is 35.2 Å². The van der Waals surface area contributed by atoms with Crippen molar-refractivity contribution in [2.24, 2.45) is 0 Å². The number of likely N-dealkylation sites (tertiary alicyclic amines) is 1. The summed E-state index contributed by atoms with van der Waals surface area (Å²) < 4.78 is 1.88. The molecule has 0 bridgehead atoms. The third-order valence-electron chi connectivity index (χ3n) is 5.67. The lowest BCUT2D eigenvalue weighted by molar-refractivity contribution is -0.131. The number of rotatable bonds is 8. The monoisotopic (exact) mass is 498 g/mol. The van der Waals surface area contributed by atoms with Crippen LogP contribution in [0.2, 0.25) is 5.02 Å². The smallest absolute Gasteiger partial charge is 0.230 e. The van der Waals surface area contributed by atoms with E-state index in [0.717, 1.165) is 30.5 Å². The fourth-order valence-corrected chi connectivity index (χ4v) is 4.87. The van der Waals surface area contributed by atoms with E-state index in [4.69, 9.17) is 11.6 Å². The molecule has 1 aromatic carbocycles. The minimum Gasteiger partial charge on any atom is -0.349 e. The second-order valence-electron chi connectivity index (χ2n) is 8.20. The van der Waals surface area contributed by atoms with Gasteiger partial charge in [0.2, 0.25) is 11.8 Å². The largest absolute Gasteiger partial charge is 0.349 e. The fourth-order valence-electron chi connectivity index (χ4n) is 3.89. The van der Waals surface area contributed by atoms with E-state index >= 15 is 0 Å². The van der Waals surface area contributed by atoms with E-state index in [1.807, 2.05) is 46.7 Å². The molecule has 0 spiro atoms. The van der Waals surface area contributed by atoms with E-state index < -0.39 is 0 Å². The van der Waals surface area contributed by atoms with Crippen molar-refractivity contribution in [1.29, 1.82) is 0 Å². The van der Waals surface area contributed by atoms with Gasteiger partial charge in [0.05, 0.1) is 30.2 Å². The highest BCUT2D eigenvalue weighted by atomic mass is 35.5. The van der Waals surface area contributed by atoms with Crippen LogP contribution in [0.15, 0.2) is 53.9 Å². The highest BCUT2D eigenvalue weighted by Crippen LogP contribution is 2.24. The Kier molecular flexibility index (Phi) is 8.18. The summed E-state index contributed by atoms with van der Waals surface area (Å²) in [5.74, 6) is 0.842. The van der Waals surface area contributed by atoms with Gasteiger partial charge in [-0.3, -0.25) is 19.1 Å². The molecule has 1 unspecified atom stereocenters. The van der Waals surface area contributed by atoms with Crippen LogP contribution >= 0.6 is 23.4 Å². The molecule has 1 fully saturated rings. The molecule has 3 heterocycles. The lowest BCUT2D eigenvalue weighted by atomic mass is 10.1. The van der Waals surface area contributed by atoms with Gasteiger partial charge in [-0.25, -0.2) is 0 Å². The van der Waals surface area contributed by atoms with Gasteiger partial charge in [0.1, 0.15) is 0 Å². The second-order valence-corrected chi connectivity index (χ2v) is 9.58. The zero-order valence-electron chi connectivity index (χ0n) is 19.0. The number of halogens is 1. The highest BCUT2D eigenvalue weighted by Gasteiger charge is 2.22. The summed E-state index contributed by atoms with van der Waals surface area (Å²) in [7, 11) is 0. The number of hydrogen-bond donors (Lipinski definition) is 1. The Balaban J connectivity index is 1.48. The minimum atomic E-state index is -0.174. The summed E-state index contributed by atoms with van der Waals surface area (Å²) in [6.07, 6.45) is 6.95. The van der Waals surface area contributed by atoms with Crippen LogP contribution in [0.25, 0.3) is 5.69 Å². The number of carbonyl (C=O) groups is 2. The number of pyridine rings is 1. The lowest BCUT2D eigenvalue weighted by Gasteiger charge is -2.20. The predicted molar refractivity (Wildman–Crippen MR) is 132 cm³/mol. The molecule has 1 N–H and O–H groups in total. The van der Waals surface area contributed by atoms with Gasteiger partial charge in [0, 0.05) is 24.2 Å². The SMILES string of the molecule is CC(NC(=O)CSc1nnc(CN2CCCCCC2=O)n1-c1cccnc1)c1cccc(Cl)c1. The maximum atomic E-state index is 12.7. The number of thioether (sulfide) groups is 1. The van der Waals surface area contributed by atoms with Crippen LogP contribution in [0.5, 0.6) is 0 Å². The number of carbonyl (C=O) groups excluding carboxylic acids is 2. The van der Waals surface area contributed by atoms with Crippen molar-refractivity contribution in [2.45, 2.75) is 50.4 Å². The molecule has 1 aliphatic rings. The fraction of sp³-hybridized carbons (Fsp3) is 0.375. The van der Waals surface area contributed by atoms with Gasteiger partial charge in [0.25, 0.3) is 0 Å². The molecule has 4 rings (SSSR count). The Morgan fingerprint density at radius 2 is 2.09 bits per heavy atom. The quantitative estimate of drug-likeness (QED) is 0.468. The number of hydrogen-bond acceptors (Lipinski definition) is 6. The summed E-state index contributed by atoms with van der Waals surface area (Å²) in [4.78, 5) is 31.2. The van der Waals surface area contributed by atoms with Gasteiger partial charge in [-0.05, 0) is 49.6 Å². The summed E-state index contributed by atoms with van der Waals surface area (Å²) in [6, 6.07) is 11.0. The number of aromatic nitrogens is 4. The first-order chi connectivity index (χ1) is 16.5. The van der Waals surface area contributed by atoms with Crippen molar-refractivity contribution in [3.8, 4) is 5.69 Å². The third kappa shape index (κ3) is 6.15. The Bertz CT molecular complexity index is 1140. The van der Waals surface area contributed by atoms with E-state index in [0.29, 0.717) is 35.5 Å². The van der Waals surface area contributed by atoms with Gasteiger partial charge in [-0.15, -0.1) is 10.2 Å².